The van der Waals surface area contributed by atoms with Gasteiger partial charge in [0.05, 0.1) is 12.7 Å². The monoisotopic (exact) mass is 409 g/mol. The van der Waals surface area contributed by atoms with Crippen LogP contribution in [0.5, 0.6) is 0 Å². The normalized spacial score (nSPS) is 18.6. The molecule has 1 aromatic rings. The number of methoxy groups -OCH3 is 1. The Hall–Kier alpha value is -1.12. The first kappa shape index (κ1) is 17.2. The lowest BCUT2D eigenvalue weighted by molar-refractivity contribution is -0.117. The minimum Gasteiger partial charge on any atom is -0.465 e. The minimum absolute atomic E-state index is 0.0391. The summed E-state index contributed by atoms with van der Waals surface area (Å²) < 4.78 is 28.2. The first-order valence-electron chi connectivity index (χ1n) is 6.27. The molecule has 1 aliphatic rings. The second-order valence-electron chi connectivity index (χ2n) is 4.90. The Balaban J connectivity index is 2.48. The Kier molecular flexibility index (Phi) is 4.84. The van der Waals surface area contributed by atoms with Crippen LogP contribution in [-0.2, 0) is 18.6 Å². The fraction of sp³-hybridized carbons (Fsp3) is 0.385. The summed E-state index contributed by atoms with van der Waals surface area (Å²) in [6, 6.07) is 3.24. The van der Waals surface area contributed by atoms with Crippen LogP contribution in [0.3, 0.4) is 0 Å². The standard InChI is InChI=1S/C13H13BrClNO5S/c1-7-10(13(18)21-2)3-8(14)4-11(7)16-6-9(5-12(16)17)22(15,19)20/h3-4,9H,5-6H2,1-2H3. The molecule has 9 heteroatoms. The smallest absolute Gasteiger partial charge is 0.338 e. The fourth-order valence-corrected chi connectivity index (χ4v) is 3.84. The van der Waals surface area contributed by atoms with Crippen LogP contribution in [0.2, 0.25) is 0 Å². The molecule has 120 valence electrons. The SMILES string of the molecule is COC(=O)c1cc(Br)cc(N2CC(S(=O)(=O)Cl)CC2=O)c1C. The summed E-state index contributed by atoms with van der Waals surface area (Å²) in [6.45, 7) is 1.63. The maximum Gasteiger partial charge on any atom is 0.338 e. The maximum atomic E-state index is 12.1. The molecular formula is C13H13BrClNO5S. The number of rotatable bonds is 3. The molecule has 0 aliphatic carbocycles. The van der Waals surface area contributed by atoms with Gasteiger partial charge in [-0.1, -0.05) is 15.9 Å². The number of carbonyl (C=O) groups excluding carboxylic acids is 2. The van der Waals surface area contributed by atoms with E-state index in [-0.39, 0.29) is 18.9 Å². The van der Waals surface area contributed by atoms with Crippen molar-refractivity contribution in [2.45, 2.75) is 18.6 Å². The van der Waals surface area contributed by atoms with E-state index in [0.717, 1.165) is 0 Å². The lowest BCUT2D eigenvalue weighted by Crippen LogP contribution is -2.28. The van der Waals surface area contributed by atoms with Crippen molar-refractivity contribution in [3.8, 4) is 0 Å². The number of hydrogen-bond acceptors (Lipinski definition) is 5. The van der Waals surface area contributed by atoms with E-state index >= 15 is 0 Å². The van der Waals surface area contributed by atoms with E-state index in [1.54, 1.807) is 19.1 Å². The highest BCUT2D eigenvalue weighted by Crippen LogP contribution is 2.33. The van der Waals surface area contributed by atoms with E-state index in [1.807, 2.05) is 0 Å². The van der Waals surface area contributed by atoms with Gasteiger partial charge >= 0.3 is 5.97 Å². The predicted molar refractivity (Wildman–Crippen MR) is 85.7 cm³/mol. The summed E-state index contributed by atoms with van der Waals surface area (Å²) in [6.07, 6.45) is -0.175. The molecule has 1 amide bonds. The van der Waals surface area contributed by atoms with Crippen LogP contribution in [0, 0.1) is 6.92 Å². The summed E-state index contributed by atoms with van der Waals surface area (Å²) in [5.74, 6) is -0.889. The first-order chi connectivity index (χ1) is 10.1. The average molecular weight is 411 g/mol. The zero-order chi connectivity index (χ0) is 16.7. The lowest BCUT2D eigenvalue weighted by Gasteiger charge is -2.20. The summed E-state index contributed by atoms with van der Waals surface area (Å²) in [7, 11) is 2.78. The van der Waals surface area contributed by atoms with Crippen LogP contribution in [0.4, 0.5) is 5.69 Å². The van der Waals surface area contributed by atoms with Gasteiger partial charge in [0.1, 0.15) is 5.25 Å². The molecule has 0 spiro atoms. The minimum atomic E-state index is -3.82. The maximum absolute atomic E-state index is 12.1. The molecule has 1 heterocycles. The molecule has 22 heavy (non-hydrogen) atoms. The van der Waals surface area contributed by atoms with E-state index in [1.165, 1.54) is 12.0 Å². The van der Waals surface area contributed by atoms with Gasteiger partial charge in [-0.05, 0) is 24.6 Å². The fourth-order valence-electron chi connectivity index (χ4n) is 2.36. The van der Waals surface area contributed by atoms with E-state index in [9.17, 15) is 18.0 Å². The molecule has 0 bridgehead atoms. The highest BCUT2D eigenvalue weighted by Gasteiger charge is 2.39. The zero-order valence-electron chi connectivity index (χ0n) is 11.8. The third kappa shape index (κ3) is 3.28. The highest BCUT2D eigenvalue weighted by atomic mass is 79.9. The van der Waals surface area contributed by atoms with Gasteiger partial charge in [0, 0.05) is 33.8 Å². The van der Waals surface area contributed by atoms with E-state index in [2.05, 4.69) is 15.9 Å². The lowest BCUT2D eigenvalue weighted by atomic mass is 10.1. The summed E-state index contributed by atoms with van der Waals surface area (Å²) in [4.78, 5) is 25.2. The average Bonchev–Trinajstić information content (AvgIpc) is 2.82. The molecule has 1 atom stereocenters. The van der Waals surface area contributed by atoms with Crippen molar-refractivity contribution < 1.29 is 22.7 Å². The largest absolute Gasteiger partial charge is 0.465 e. The van der Waals surface area contributed by atoms with Gasteiger partial charge in [-0.3, -0.25) is 4.79 Å². The second-order valence-corrected chi connectivity index (χ2v) is 8.72. The Labute approximate surface area is 140 Å². The number of halogens is 2. The van der Waals surface area contributed by atoms with Crippen LogP contribution < -0.4 is 4.90 Å². The molecule has 6 nitrogen and oxygen atoms in total. The Bertz CT molecular complexity index is 749. The van der Waals surface area contributed by atoms with Crippen molar-refractivity contribution in [3.63, 3.8) is 0 Å². The second kappa shape index (κ2) is 6.17. The summed E-state index contributed by atoms with van der Waals surface area (Å²) >= 11 is 3.28. The number of benzene rings is 1. The number of anilines is 1. The molecule has 1 fully saturated rings. The van der Waals surface area contributed by atoms with Crippen molar-refractivity contribution in [2.24, 2.45) is 0 Å². The third-order valence-electron chi connectivity index (χ3n) is 3.53. The zero-order valence-corrected chi connectivity index (χ0v) is 15.0. The van der Waals surface area contributed by atoms with Gasteiger partial charge in [-0.25, -0.2) is 13.2 Å². The van der Waals surface area contributed by atoms with Gasteiger partial charge in [0.2, 0.25) is 15.0 Å². The highest BCUT2D eigenvalue weighted by molar-refractivity contribution is 9.10. The molecule has 1 aromatic carbocycles. The van der Waals surface area contributed by atoms with E-state index < -0.39 is 20.3 Å². The van der Waals surface area contributed by atoms with E-state index in [4.69, 9.17) is 15.4 Å². The van der Waals surface area contributed by atoms with Crippen LogP contribution in [0.15, 0.2) is 16.6 Å². The molecule has 0 saturated carbocycles. The molecular weight excluding hydrogens is 398 g/mol. The molecule has 0 radical (unpaired) electrons. The Morgan fingerprint density at radius 3 is 2.59 bits per heavy atom. The van der Waals surface area contributed by atoms with Gasteiger partial charge in [-0.15, -0.1) is 0 Å². The van der Waals surface area contributed by atoms with Gasteiger partial charge in [0.25, 0.3) is 0 Å². The quantitative estimate of drug-likeness (QED) is 0.564. The van der Waals surface area contributed by atoms with Gasteiger partial charge < -0.3 is 9.64 Å². The van der Waals surface area contributed by atoms with Crippen molar-refractivity contribution in [1.82, 2.24) is 0 Å². The van der Waals surface area contributed by atoms with Crippen molar-refractivity contribution >= 4 is 53.2 Å². The molecule has 2 rings (SSSR count). The van der Waals surface area contributed by atoms with Crippen LogP contribution >= 0.6 is 26.6 Å². The topological polar surface area (TPSA) is 80.8 Å². The first-order valence-corrected chi connectivity index (χ1v) is 9.44. The number of hydrogen-bond donors (Lipinski definition) is 0. The van der Waals surface area contributed by atoms with E-state index in [0.29, 0.717) is 21.3 Å². The molecule has 0 N–H and O–H groups in total. The number of ether oxygens (including phenoxy) is 1. The predicted octanol–water partition coefficient (Wildman–Crippen LogP) is 2.22. The van der Waals surface area contributed by atoms with Crippen molar-refractivity contribution in [1.29, 1.82) is 0 Å². The third-order valence-corrected chi connectivity index (χ3v) is 5.85. The number of esters is 1. The van der Waals surface area contributed by atoms with Gasteiger partial charge in [-0.2, -0.15) is 0 Å². The number of carbonyl (C=O) groups is 2. The summed E-state index contributed by atoms with van der Waals surface area (Å²) in [5.41, 5.74) is 1.30. The van der Waals surface area contributed by atoms with Crippen LogP contribution in [-0.4, -0.2) is 39.2 Å². The van der Waals surface area contributed by atoms with Crippen molar-refractivity contribution in [2.75, 3.05) is 18.6 Å². The molecule has 1 unspecified atom stereocenters. The van der Waals surface area contributed by atoms with Crippen molar-refractivity contribution in [3.05, 3.63) is 27.7 Å². The van der Waals surface area contributed by atoms with Gasteiger partial charge in [0.15, 0.2) is 0 Å². The molecule has 0 aromatic heterocycles. The Morgan fingerprint density at radius 1 is 1.45 bits per heavy atom. The number of amides is 1. The molecule has 1 saturated heterocycles. The van der Waals surface area contributed by atoms with Crippen LogP contribution in [0.25, 0.3) is 0 Å². The Morgan fingerprint density at radius 2 is 2.09 bits per heavy atom. The number of nitrogens with zero attached hydrogens (tertiary/aromatic N) is 1. The molecule has 1 aliphatic heterocycles. The van der Waals surface area contributed by atoms with Crippen LogP contribution in [0.1, 0.15) is 22.3 Å². The summed E-state index contributed by atoms with van der Waals surface area (Å²) in [5, 5.41) is -0.957.